The Kier molecular flexibility index (Phi) is 6.19. The molecule has 16 heteroatoms. The van der Waals surface area contributed by atoms with Crippen LogP contribution in [0.25, 0.3) is 5.65 Å². The number of β-lactam (4-membered cyclic amide) rings is 1. The van der Waals surface area contributed by atoms with Crippen molar-refractivity contribution in [1.82, 2.24) is 29.2 Å². The quantitative estimate of drug-likeness (QED) is 0.145. The van der Waals surface area contributed by atoms with Crippen molar-refractivity contribution in [3.8, 4) is 0 Å². The Morgan fingerprint density at radius 1 is 1.37 bits per heavy atom. The molecule has 14 nitrogen and oxygen atoms in total. The summed E-state index contributed by atoms with van der Waals surface area (Å²) < 4.78 is 7.60. The molecule has 4 N–H and O–H groups in total. The van der Waals surface area contributed by atoms with Crippen molar-refractivity contribution in [2.45, 2.75) is 43.3 Å². The third kappa shape index (κ3) is 4.24. The number of aromatic nitrogens is 5. The fourth-order valence-corrected chi connectivity index (χ4v) is 6.18. The third-order valence-electron chi connectivity index (χ3n) is 6.55. The molecule has 6 rings (SSSR count). The van der Waals surface area contributed by atoms with Gasteiger partial charge in [0.05, 0.1) is 6.20 Å². The van der Waals surface area contributed by atoms with E-state index >= 15 is 0 Å². The van der Waals surface area contributed by atoms with Crippen LogP contribution in [0.1, 0.15) is 25.1 Å². The largest absolute Gasteiger partial charge is 0.477 e. The number of nitrogens with one attached hydrogen (secondary N) is 1. The first-order valence-electron chi connectivity index (χ1n) is 11.8. The molecule has 0 radical (unpaired) electrons. The zero-order valence-electron chi connectivity index (χ0n) is 19.8. The van der Waals surface area contributed by atoms with Crippen LogP contribution in [-0.2, 0) is 25.8 Å². The summed E-state index contributed by atoms with van der Waals surface area (Å²) in [5.41, 5.74) is 6.79. The molecule has 3 aromatic heterocycles. The van der Waals surface area contributed by atoms with E-state index in [4.69, 9.17) is 10.6 Å². The van der Waals surface area contributed by atoms with Crippen molar-refractivity contribution in [3.63, 3.8) is 0 Å². The van der Waals surface area contributed by atoms with E-state index in [1.807, 2.05) is 10.6 Å². The number of thioether (sulfide) groups is 1. The van der Waals surface area contributed by atoms with Gasteiger partial charge in [-0.25, -0.2) is 9.36 Å². The fraction of sp³-hybridized carbons (Fsp3) is 0.364. The van der Waals surface area contributed by atoms with E-state index in [0.29, 0.717) is 11.3 Å². The number of oxime groups is 1. The number of carboxylic acids is 1. The Morgan fingerprint density at radius 2 is 2.21 bits per heavy atom. The van der Waals surface area contributed by atoms with Gasteiger partial charge in [-0.1, -0.05) is 10.3 Å². The predicted octanol–water partition coefficient (Wildman–Crippen LogP) is -0.232. The third-order valence-corrected chi connectivity index (χ3v) is 8.43. The molecule has 0 aromatic carbocycles. The summed E-state index contributed by atoms with van der Waals surface area (Å²) in [5.74, 6) is -2.06. The van der Waals surface area contributed by atoms with Crippen LogP contribution in [0.5, 0.6) is 0 Å². The summed E-state index contributed by atoms with van der Waals surface area (Å²) in [6.07, 6.45) is 7.83. The van der Waals surface area contributed by atoms with E-state index in [2.05, 4.69) is 24.9 Å². The van der Waals surface area contributed by atoms with Gasteiger partial charge in [0.1, 0.15) is 36.0 Å². The number of aliphatic carboxylic acids is 1. The number of amides is 2. The smallest absolute Gasteiger partial charge is 0.352 e. The minimum atomic E-state index is -1.20. The molecule has 0 unspecified atom stereocenters. The Bertz CT molecular complexity index is 1510. The second-order valence-corrected chi connectivity index (χ2v) is 10.8. The lowest BCUT2D eigenvalue weighted by Gasteiger charge is -2.49. The first kappa shape index (κ1) is 24.3. The van der Waals surface area contributed by atoms with Gasteiger partial charge in [-0.2, -0.15) is 9.36 Å². The molecule has 2 aliphatic heterocycles. The number of hydrogen-bond acceptors (Lipinski definition) is 11. The minimum Gasteiger partial charge on any atom is -0.477 e. The summed E-state index contributed by atoms with van der Waals surface area (Å²) in [5, 5.41) is 20.5. The number of nitrogens with zero attached hydrogens (tertiary/aromatic N) is 7. The van der Waals surface area contributed by atoms with Crippen molar-refractivity contribution < 1.29 is 28.9 Å². The molecule has 1 saturated carbocycles. The van der Waals surface area contributed by atoms with Crippen LogP contribution >= 0.6 is 23.3 Å². The van der Waals surface area contributed by atoms with Crippen molar-refractivity contribution in [2.24, 2.45) is 5.16 Å². The predicted molar refractivity (Wildman–Crippen MR) is 135 cm³/mol. The maximum absolute atomic E-state index is 13.2. The van der Waals surface area contributed by atoms with Crippen LogP contribution in [-0.4, -0.2) is 75.7 Å². The van der Waals surface area contributed by atoms with Crippen LogP contribution in [0.4, 0.5) is 5.13 Å². The maximum atomic E-state index is 13.2. The minimum absolute atomic E-state index is 0.00367. The van der Waals surface area contributed by atoms with Gasteiger partial charge in [0, 0.05) is 28.9 Å². The molecule has 1 aliphatic carbocycles. The summed E-state index contributed by atoms with van der Waals surface area (Å²) >= 11 is 2.29. The summed E-state index contributed by atoms with van der Waals surface area (Å²) in [6.45, 7) is 0.274. The SMILES string of the molecule is Nc1nc(/C(=N/OC2CCC2)C(=O)N[C@@H]2C(=O)N3C(C(=O)O)=C(C[n+]4ccn5ncccc54)CS[C@H]23)ns1. The number of carbonyl (C=O) groups is 3. The van der Waals surface area contributed by atoms with Crippen LogP contribution in [0.3, 0.4) is 0 Å². The number of nitrogen functional groups attached to an aromatic ring is 1. The molecule has 3 aliphatic rings. The van der Waals surface area contributed by atoms with E-state index < -0.39 is 29.2 Å². The number of fused-ring (bicyclic) bond motifs is 2. The molecule has 2 fully saturated rings. The zero-order chi connectivity index (χ0) is 26.4. The normalized spacial score (nSPS) is 21.6. The molecular formula is C22H22N9O5S2+. The second kappa shape index (κ2) is 9.68. The number of carboxylic acid groups (broad SMARTS) is 1. The second-order valence-electron chi connectivity index (χ2n) is 8.93. The van der Waals surface area contributed by atoms with Crippen molar-refractivity contribution >= 4 is 57.6 Å². The standard InChI is InChI=1S/C22H21N9O5S2/c23-22-26-17(28-38-22)14(27-36-12-3-1-4-12)18(32)25-15-19(33)31-16(21(34)35)11(10-37-20(15)31)9-29-7-8-30-13(29)5-2-6-24-30/h2,5-8,12,15,20H,1,3-4,9-10H2,(H3-,23,25,26,28,32,34,35)/p+1/b27-14-/t15-,20-/m1/s1. The number of nitrogens with two attached hydrogens (primary N) is 1. The topological polar surface area (TPSA) is 181 Å². The van der Waals surface area contributed by atoms with E-state index in [0.717, 1.165) is 36.4 Å². The zero-order valence-corrected chi connectivity index (χ0v) is 21.4. The van der Waals surface area contributed by atoms with Crippen LogP contribution < -0.4 is 15.6 Å². The molecule has 2 atom stereocenters. The van der Waals surface area contributed by atoms with Gasteiger partial charge in [0.25, 0.3) is 11.8 Å². The highest BCUT2D eigenvalue weighted by Gasteiger charge is 2.54. The van der Waals surface area contributed by atoms with Crippen LogP contribution in [0.2, 0.25) is 0 Å². The number of imidazole rings is 1. The lowest BCUT2D eigenvalue weighted by Crippen LogP contribution is -2.71. The maximum Gasteiger partial charge on any atom is 0.352 e. The highest BCUT2D eigenvalue weighted by Crippen LogP contribution is 2.40. The molecule has 1 saturated heterocycles. The van der Waals surface area contributed by atoms with E-state index in [1.165, 1.54) is 16.7 Å². The van der Waals surface area contributed by atoms with E-state index in [-0.39, 0.29) is 35.0 Å². The molecule has 0 bridgehead atoms. The number of rotatable bonds is 8. The molecule has 0 spiro atoms. The van der Waals surface area contributed by atoms with Crippen molar-refractivity contribution in [2.75, 3.05) is 11.5 Å². The van der Waals surface area contributed by atoms with E-state index in [9.17, 15) is 19.5 Å². The van der Waals surface area contributed by atoms with Gasteiger partial charge in [-0.3, -0.25) is 14.5 Å². The molecule has 2 amide bonds. The Labute approximate surface area is 223 Å². The average molecular weight is 557 g/mol. The number of anilines is 1. The fourth-order valence-electron chi connectivity index (χ4n) is 4.41. The van der Waals surface area contributed by atoms with Crippen molar-refractivity contribution in [1.29, 1.82) is 0 Å². The first-order chi connectivity index (χ1) is 18.4. The van der Waals surface area contributed by atoms with Gasteiger partial charge in [0.15, 0.2) is 11.3 Å². The highest BCUT2D eigenvalue weighted by atomic mass is 32.2. The number of hydrogen-bond donors (Lipinski definition) is 3. The van der Waals surface area contributed by atoms with Gasteiger partial charge in [-0.05, 0) is 25.3 Å². The average Bonchev–Trinajstić information content (AvgIpc) is 3.49. The van der Waals surface area contributed by atoms with Crippen LogP contribution in [0, 0.1) is 0 Å². The van der Waals surface area contributed by atoms with Crippen molar-refractivity contribution in [3.05, 3.63) is 47.8 Å². The molecular weight excluding hydrogens is 534 g/mol. The van der Waals surface area contributed by atoms with Gasteiger partial charge in [0.2, 0.25) is 11.5 Å². The number of carbonyl (C=O) groups excluding carboxylic acids is 2. The van der Waals surface area contributed by atoms with Crippen LogP contribution in [0.15, 0.2) is 47.1 Å². The highest BCUT2D eigenvalue weighted by molar-refractivity contribution is 8.00. The molecule has 196 valence electrons. The van der Waals surface area contributed by atoms with E-state index in [1.54, 1.807) is 29.2 Å². The molecule has 5 heterocycles. The van der Waals surface area contributed by atoms with Gasteiger partial charge >= 0.3 is 11.6 Å². The monoisotopic (exact) mass is 556 g/mol. The van der Waals surface area contributed by atoms with Gasteiger partial charge in [-0.15, -0.1) is 16.3 Å². The molecule has 38 heavy (non-hydrogen) atoms. The Morgan fingerprint density at radius 3 is 2.92 bits per heavy atom. The Hall–Kier alpha value is -4.05. The summed E-state index contributed by atoms with van der Waals surface area (Å²) in [7, 11) is 0. The van der Waals surface area contributed by atoms with Gasteiger partial charge < -0.3 is 21.0 Å². The molecule has 3 aromatic rings. The lowest BCUT2D eigenvalue weighted by atomic mass is 9.97. The first-order valence-corrected chi connectivity index (χ1v) is 13.6. The summed E-state index contributed by atoms with van der Waals surface area (Å²) in [4.78, 5) is 49.3. The Balaban J connectivity index is 1.21. The summed E-state index contributed by atoms with van der Waals surface area (Å²) in [6, 6.07) is 2.71. The lowest BCUT2D eigenvalue weighted by molar-refractivity contribution is -0.662.